The molecule has 0 unspecified atom stereocenters. The highest BCUT2D eigenvalue weighted by Gasteiger charge is 2.24. The van der Waals surface area contributed by atoms with Crippen molar-refractivity contribution in [3.63, 3.8) is 0 Å². The minimum atomic E-state index is 1.10. The first-order chi connectivity index (χ1) is 31.7. The second-order valence-electron chi connectivity index (χ2n) is 16.9. The van der Waals surface area contributed by atoms with Gasteiger partial charge in [0.05, 0.1) is 11.0 Å². The van der Waals surface area contributed by atoms with Gasteiger partial charge in [0, 0.05) is 33.5 Å². The Morgan fingerprint density at radius 1 is 0.266 bits per heavy atom. The summed E-state index contributed by atoms with van der Waals surface area (Å²) in [6.45, 7) is 0. The number of rotatable bonds is 7. The van der Waals surface area contributed by atoms with Gasteiger partial charge >= 0.3 is 0 Å². The van der Waals surface area contributed by atoms with E-state index in [0.29, 0.717) is 0 Å². The van der Waals surface area contributed by atoms with Crippen molar-refractivity contribution in [2.24, 2.45) is 0 Å². The van der Waals surface area contributed by atoms with Crippen LogP contribution in [-0.4, -0.2) is 4.57 Å². The second-order valence-corrected chi connectivity index (χ2v) is 16.9. The minimum Gasteiger partial charge on any atom is -0.310 e. The Morgan fingerprint density at radius 3 is 1.61 bits per heavy atom. The molecular formula is C62H40N2. The summed E-state index contributed by atoms with van der Waals surface area (Å²) in [6, 6.07) is 89.0. The predicted molar refractivity (Wildman–Crippen MR) is 271 cm³/mol. The number of benzene rings is 11. The van der Waals surface area contributed by atoms with Crippen LogP contribution in [0.15, 0.2) is 243 Å². The minimum absolute atomic E-state index is 1.10. The molecule has 12 aromatic rings. The normalized spacial score (nSPS) is 11.8. The molecule has 2 nitrogen and oxygen atoms in total. The van der Waals surface area contributed by atoms with Crippen molar-refractivity contribution in [3.05, 3.63) is 243 Å². The zero-order valence-electron chi connectivity index (χ0n) is 35.0. The van der Waals surface area contributed by atoms with E-state index in [0.717, 1.165) is 28.3 Å². The summed E-state index contributed by atoms with van der Waals surface area (Å²) in [5.41, 5.74) is 19.2. The van der Waals surface area contributed by atoms with Gasteiger partial charge in [-0.1, -0.05) is 182 Å². The van der Waals surface area contributed by atoms with Gasteiger partial charge in [-0.05, 0) is 138 Å². The fourth-order valence-electron chi connectivity index (χ4n) is 10.4. The molecule has 1 aliphatic rings. The Bertz CT molecular complexity index is 3750. The molecule has 0 aliphatic heterocycles. The molecule has 2 heteroatoms. The molecule has 0 amide bonds. The Kier molecular flexibility index (Phi) is 8.25. The fraction of sp³-hybridized carbons (Fsp3) is 0. The van der Waals surface area contributed by atoms with Gasteiger partial charge in [-0.3, -0.25) is 0 Å². The molecule has 11 aromatic carbocycles. The number of hydrogen-bond acceptors (Lipinski definition) is 1. The summed E-state index contributed by atoms with van der Waals surface area (Å²) in [5.74, 6) is 0. The molecule has 64 heavy (non-hydrogen) atoms. The topological polar surface area (TPSA) is 8.17 Å². The van der Waals surface area contributed by atoms with Crippen LogP contribution in [-0.2, 0) is 0 Å². The van der Waals surface area contributed by atoms with Crippen LogP contribution in [0.25, 0.3) is 105 Å². The highest BCUT2D eigenvalue weighted by molar-refractivity contribution is 6.21. The van der Waals surface area contributed by atoms with Crippen molar-refractivity contribution in [2.75, 3.05) is 4.90 Å². The number of anilines is 3. The lowest BCUT2D eigenvalue weighted by molar-refractivity contribution is 1.18. The Morgan fingerprint density at radius 2 is 0.844 bits per heavy atom. The van der Waals surface area contributed by atoms with Gasteiger partial charge in [0.25, 0.3) is 0 Å². The van der Waals surface area contributed by atoms with E-state index in [1.807, 2.05) is 0 Å². The molecule has 1 aliphatic carbocycles. The van der Waals surface area contributed by atoms with Crippen molar-refractivity contribution in [3.8, 4) is 61.3 Å². The van der Waals surface area contributed by atoms with Crippen molar-refractivity contribution < 1.29 is 0 Å². The molecule has 0 spiro atoms. The number of para-hydroxylation sites is 1. The van der Waals surface area contributed by atoms with Gasteiger partial charge in [0.2, 0.25) is 0 Å². The van der Waals surface area contributed by atoms with Gasteiger partial charge in [0.1, 0.15) is 0 Å². The maximum Gasteiger partial charge on any atom is 0.0547 e. The number of aromatic nitrogens is 1. The third-order valence-electron chi connectivity index (χ3n) is 13.3. The van der Waals surface area contributed by atoms with Crippen LogP contribution in [0.3, 0.4) is 0 Å². The standard InChI is InChI=1S/C62H40N2/c1-3-14-41(15-4-1)42-26-31-47(32-27-42)63(50-38-46-19-13-24-55-53-21-9-10-22-54(53)58(40-50)61(46)55)48-33-28-45(29-34-48)51-36-35-49(39-57(51)43-16-5-2-6-17-43)64-59-25-12-11-23-56(59)62-52-20-8-7-18-44(52)30-37-60(62)64/h1-40H. The first-order valence-electron chi connectivity index (χ1n) is 22.1. The van der Waals surface area contributed by atoms with Gasteiger partial charge in [-0.15, -0.1) is 0 Å². The number of nitrogens with zero attached hydrogens (tertiary/aromatic N) is 2. The SMILES string of the molecule is c1ccc(-c2ccc(N(c3ccc(-c4ccc(-n5c6ccccc6c6c7ccccc7ccc65)cc4-c4ccccc4)cc3)c3cc4c5c(cccc5c3)-c3ccccc3-4)cc2)cc1. The molecule has 1 heterocycles. The average Bonchev–Trinajstić information content (AvgIpc) is 3.89. The van der Waals surface area contributed by atoms with Crippen molar-refractivity contribution in [2.45, 2.75) is 0 Å². The zero-order valence-corrected chi connectivity index (χ0v) is 35.0. The first kappa shape index (κ1) is 36.2. The van der Waals surface area contributed by atoms with Crippen LogP contribution in [0.2, 0.25) is 0 Å². The van der Waals surface area contributed by atoms with E-state index in [-0.39, 0.29) is 0 Å². The molecule has 0 bridgehead atoms. The zero-order chi connectivity index (χ0) is 42.1. The van der Waals surface area contributed by atoms with Crippen LogP contribution in [0.1, 0.15) is 0 Å². The molecule has 0 saturated carbocycles. The lowest BCUT2D eigenvalue weighted by Gasteiger charge is -2.27. The summed E-state index contributed by atoms with van der Waals surface area (Å²) >= 11 is 0. The molecule has 0 fully saturated rings. The highest BCUT2D eigenvalue weighted by atomic mass is 15.1. The molecule has 1 aromatic heterocycles. The molecular weight excluding hydrogens is 773 g/mol. The highest BCUT2D eigenvalue weighted by Crippen LogP contribution is 2.50. The van der Waals surface area contributed by atoms with Gasteiger partial charge in [-0.25, -0.2) is 0 Å². The Labute approximate surface area is 372 Å². The van der Waals surface area contributed by atoms with Crippen LogP contribution in [0, 0.1) is 0 Å². The van der Waals surface area contributed by atoms with Gasteiger partial charge in [-0.2, -0.15) is 0 Å². The third kappa shape index (κ3) is 5.73. The monoisotopic (exact) mass is 812 g/mol. The Balaban J connectivity index is 0.958. The van der Waals surface area contributed by atoms with Crippen LogP contribution < -0.4 is 4.90 Å². The predicted octanol–water partition coefficient (Wildman–Crippen LogP) is 17.2. The first-order valence-corrected chi connectivity index (χ1v) is 22.1. The molecule has 0 atom stereocenters. The van der Waals surface area contributed by atoms with E-state index in [1.165, 1.54) is 93.4 Å². The van der Waals surface area contributed by atoms with E-state index >= 15 is 0 Å². The van der Waals surface area contributed by atoms with Crippen molar-refractivity contribution in [1.29, 1.82) is 0 Å². The summed E-state index contributed by atoms with van der Waals surface area (Å²) in [4.78, 5) is 2.41. The van der Waals surface area contributed by atoms with Crippen LogP contribution in [0.4, 0.5) is 17.1 Å². The van der Waals surface area contributed by atoms with Gasteiger partial charge < -0.3 is 9.47 Å². The lowest BCUT2D eigenvalue weighted by Crippen LogP contribution is -2.10. The smallest absolute Gasteiger partial charge is 0.0547 e. The summed E-state index contributed by atoms with van der Waals surface area (Å²) in [7, 11) is 0. The summed E-state index contributed by atoms with van der Waals surface area (Å²) in [5, 5.41) is 7.65. The largest absolute Gasteiger partial charge is 0.310 e. The molecule has 298 valence electrons. The van der Waals surface area contributed by atoms with E-state index in [1.54, 1.807) is 0 Å². The molecule has 0 radical (unpaired) electrons. The summed E-state index contributed by atoms with van der Waals surface area (Å²) in [6.07, 6.45) is 0. The van der Waals surface area contributed by atoms with E-state index in [9.17, 15) is 0 Å². The third-order valence-corrected chi connectivity index (χ3v) is 13.3. The second kappa shape index (κ2) is 14.6. The number of fused-ring (bicyclic) bond motifs is 8. The maximum absolute atomic E-state index is 2.44. The van der Waals surface area contributed by atoms with E-state index < -0.39 is 0 Å². The maximum atomic E-state index is 2.44. The quantitative estimate of drug-likeness (QED) is 0.156. The van der Waals surface area contributed by atoms with Gasteiger partial charge in [0.15, 0.2) is 0 Å². The molecule has 0 saturated heterocycles. The lowest BCUT2D eigenvalue weighted by atomic mass is 9.93. The van der Waals surface area contributed by atoms with E-state index in [2.05, 4.69) is 252 Å². The van der Waals surface area contributed by atoms with E-state index in [4.69, 9.17) is 0 Å². The van der Waals surface area contributed by atoms with Crippen molar-refractivity contribution in [1.82, 2.24) is 4.57 Å². The number of hydrogen-bond donors (Lipinski definition) is 0. The fourth-order valence-corrected chi connectivity index (χ4v) is 10.4. The molecule has 13 rings (SSSR count). The average molecular weight is 813 g/mol. The Hall–Kier alpha value is -8.46. The van der Waals surface area contributed by atoms with Crippen LogP contribution in [0.5, 0.6) is 0 Å². The van der Waals surface area contributed by atoms with Crippen LogP contribution >= 0.6 is 0 Å². The molecule has 0 N–H and O–H groups in total. The summed E-state index contributed by atoms with van der Waals surface area (Å²) < 4.78 is 2.44. The van der Waals surface area contributed by atoms with Crippen molar-refractivity contribution >= 4 is 60.4 Å².